The van der Waals surface area contributed by atoms with Crippen LogP contribution in [0.25, 0.3) is 11.0 Å². The van der Waals surface area contributed by atoms with Crippen LogP contribution in [0.1, 0.15) is 25.7 Å². The standard InChI is InChI=1S/C17H22F2N4S.H3N/c1-23(16-14-2-3-20-15(14)21-10-22-16)13-4-11(5-13)8-24-9-12-6-17(18,19)7-12;/h2-3,10-13H,4-9H2,1H3,(H,20,21,22);1H3. The van der Waals surface area contributed by atoms with Crippen molar-refractivity contribution in [3.63, 3.8) is 0 Å². The summed E-state index contributed by atoms with van der Waals surface area (Å²) in [5.74, 6) is 1.52. The fourth-order valence-corrected chi connectivity index (χ4v) is 5.08. The van der Waals surface area contributed by atoms with Crippen molar-refractivity contribution in [3.05, 3.63) is 18.6 Å². The highest BCUT2D eigenvalue weighted by molar-refractivity contribution is 7.99. The quantitative estimate of drug-likeness (QED) is 0.801. The predicted octanol–water partition coefficient (Wildman–Crippen LogP) is 4.11. The average molecular weight is 369 g/mol. The average Bonchev–Trinajstić information content (AvgIpc) is 2.95. The van der Waals surface area contributed by atoms with E-state index in [2.05, 4.69) is 26.9 Å². The van der Waals surface area contributed by atoms with E-state index < -0.39 is 5.92 Å². The molecule has 0 aliphatic heterocycles. The minimum absolute atomic E-state index is 0. The summed E-state index contributed by atoms with van der Waals surface area (Å²) >= 11 is 1.85. The Balaban J connectivity index is 0.00000182. The van der Waals surface area contributed by atoms with Gasteiger partial charge in [0.1, 0.15) is 17.8 Å². The van der Waals surface area contributed by atoms with Crippen molar-refractivity contribution in [1.29, 1.82) is 0 Å². The van der Waals surface area contributed by atoms with Gasteiger partial charge in [-0.3, -0.25) is 0 Å². The van der Waals surface area contributed by atoms with Crippen molar-refractivity contribution in [2.45, 2.75) is 37.6 Å². The Labute approximate surface area is 150 Å². The number of halogens is 2. The second-order valence-electron chi connectivity index (χ2n) is 7.21. The maximum Gasteiger partial charge on any atom is 0.248 e. The van der Waals surface area contributed by atoms with E-state index in [1.807, 2.05) is 24.0 Å². The molecule has 2 aliphatic carbocycles. The molecule has 0 spiro atoms. The van der Waals surface area contributed by atoms with Crippen LogP contribution in [0.5, 0.6) is 0 Å². The number of hydrogen-bond donors (Lipinski definition) is 2. The van der Waals surface area contributed by atoms with Crippen molar-refractivity contribution in [1.82, 2.24) is 21.1 Å². The van der Waals surface area contributed by atoms with Crippen LogP contribution in [0.2, 0.25) is 0 Å². The summed E-state index contributed by atoms with van der Waals surface area (Å²) in [6.45, 7) is 0. The molecule has 0 unspecified atom stereocenters. The fraction of sp³-hybridized carbons (Fsp3) is 0.647. The van der Waals surface area contributed by atoms with Gasteiger partial charge in [-0.2, -0.15) is 11.8 Å². The normalized spacial score (nSPS) is 25.1. The first kappa shape index (κ1) is 18.4. The van der Waals surface area contributed by atoms with Crippen LogP contribution in [-0.4, -0.2) is 45.5 Å². The molecule has 0 amide bonds. The summed E-state index contributed by atoms with van der Waals surface area (Å²) < 4.78 is 25.6. The Hall–Kier alpha value is -1.41. The Morgan fingerprint density at radius 1 is 1.24 bits per heavy atom. The Morgan fingerprint density at radius 2 is 1.96 bits per heavy atom. The topological polar surface area (TPSA) is 79.8 Å². The van der Waals surface area contributed by atoms with E-state index in [1.54, 1.807) is 6.33 Å². The molecule has 138 valence electrons. The molecule has 0 bridgehead atoms. The van der Waals surface area contributed by atoms with E-state index in [0.717, 1.165) is 41.2 Å². The molecule has 2 aliphatic rings. The first-order chi connectivity index (χ1) is 11.5. The smallest absolute Gasteiger partial charge is 0.248 e. The van der Waals surface area contributed by atoms with Gasteiger partial charge in [0.15, 0.2) is 0 Å². The Bertz CT molecular complexity index is 708. The molecule has 8 heteroatoms. The lowest BCUT2D eigenvalue weighted by molar-refractivity contribution is -0.103. The van der Waals surface area contributed by atoms with E-state index in [4.69, 9.17) is 0 Å². The molecule has 2 aromatic heterocycles. The van der Waals surface area contributed by atoms with Gasteiger partial charge in [-0.05, 0) is 42.2 Å². The number of hydrogen-bond acceptors (Lipinski definition) is 5. The number of fused-ring (bicyclic) bond motifs is 1. The molecule has 2 heterocycles. The maximum absolute atomic E-state index is 12.8. The highest BCUT2D eigenvalue weighted by Gasteiger charge is 2.45. The van der Waals surface area contributed by atoms with Crippen LogP contribution in [0, 0.1) is 11.8 Å². The molecule has 2 aromatic rings. The molecular formula is C17H25F2N5S. The van der Waals surface area contributed by atoms with Crippen molar-refractivity contribution in [3.8, 4) is 0 Å². The monoisotopic (exact) mass is 369 g/mol. The minimum Gasteiger partial charge on any atom is -0.356 e. The van der Waals surface area contributed by atoms with Gasteiger partial charge in [-0.15, -0.1) is 0 Å². The molecule has 25 heavy (non-hydrogen) atoms. The number of aromatic amines is 1. The van der Waals surface area contributed by atoms with Crippen LogP contribution in [0.3, 0.4) is 0 Å². The lowest BCUT2D eigenvalue weighted by atomic mass is 9.81. The lowest BCUT2D eigenvalue weighted by Crippen LogP contribution is -2.44. The second kappa shape index (κ2) is 7.07. The molecule has 0 saturated heterocycles. The molecule has 2 saturated carbocycles. The van der Waals surface area contributed by atoms with E-state index in [0.29, 0.717) is 12.0 Å². The summed E-state index contributed by atoms with van der Waals surface area (Å²) in [6.07, 6.45) is 5.99. The molecule has 4 N–H and O–H groups in total. The molecule has 0 radical (unpaired) electrons. The van der Waals surface area contributed by atoms with E-state index in [9.17, 15) is 8.78 Å². The predicted molar refractivity (Wildman–Crippen MR) is 98.8 cm³/mol. The largest absolute Gasteiger partial charge is 0.356 e. The minimum atomic E-state index is -2.38. The van der Waals surface area contributed by atoms with Gasteiger partial charge in [0.25, 0.3) is 0 Å². The number of aromatic nitrogens is 3. The first-order valence-corrected chi connectivity index (χ1v) is 9.64. The number of thioether (sulfide) groups is 1. The molecule has 0 atom stereocenters. The van der Waals surface area contributed by atoms with E-state index >= 15 is 0 Å². The Morgan fingerprint density at radius 3 is 2.68 bits per heavy atom. The third kappa shape index (κ3) is 3.74. The fourth-order valence-electron chi connectivity index (χ4n) is 3.77. The molecule has 4 rings (SSSR count). The molecule has 5 nitrogen and oxygen atoms in total. The van der Waals surface area contributed by atoms with E-state index in [1.165, 1.54) is 0 Å². The number of H-pyrrole nitrogens is 1. The van der Waals surface area contributed by atoms with Gasteiger partial charge in [0, 0.05) is 32.1 Å². The Kier molecular flexibility index (Phi) is 5.20. The number of anilines is 1. The van der Waals surface area contributed by atoms with Crippen LogP contribution in [0.15, 0.2) is 18.6 Å². The van der Waals surface area contributed by atoms with Crippen molar-refractivity contribution in [2.75, 3.05) is 23.5 Å². The van der Waals surface area contributed by atoms with Crippen LogP contribution in [-0.2, 0) is 0 Å². The van der Waals surface area contributed by atoms with Crippen LogP contribution in [0.4, 0.5) is 14.6 Å². The summed E-state index contributed by atoms with van der Waals surface area (Å²) in [7, 11) is 2.10. The van der Waals surface area contributed by atoms with Gasteiger partial charge in [0.05, 0.1) is 5.39 Å². The first-order valence-electron chi connectivity index (χ1n) is 8.48. The molecule has 0 aromatic carbocycles. The highest BCUT2D eigenvalue weighted by Crippen LogP contribution is 2.44. The summed E-state index contributed by atoms with van der Waals surface area (Å²) in [6, 6.07) is 2.53. The van der Waals surface area contributed by atoms with Crippen molar-refractivity contribution in [2.24, 2.45) is 11.8 Å². The van der Waals surface area contributed by atoms with Gasteiger partial charge in [-0.25, -0.2) is 18.7 Å². The SMILES string of the molecule is CN(c1ncnc2[nH]ccc12)C1CC(CSCC2CC(F)(F)C2)C1.N. The number of nitrogens with one attached hydrogen (secondary N) is 1. The summed E-state index contributed by atoms with van der Waals surface area (Å²) in [5.41, 5.74) is 0.871. The third-order valence-electron chi connectivity index (χ3n) is 5.31. The van der Waals surface area contributed by atoms with Gasteiger partial charge in [0.2, 0.25) is 5.92 Å². The highest BCUT2D eigenvalue weighted by atomic mass is 32.2. The zero-order valence-electron chi connectivity index (χ0n) is 14.4. The summed E-state index contributed by atoms with van der Waals surface area (Å²) in [4.78, 5) is 14.1. The van der Waals surface area contributed by atoms with Gasteiger partial charge in [-0.1, -0.05) is 0 Å². The number of alkyl halides is 2. The number of rotatable bonds is 6. The molecular weight excluding hydrogens is 344 g/mol. The molecule has 2 fully saturated rings. The third-order valence-corrected chi connectivity index (χ3v) is 6.72. The van der Waals surface area contributed by atoms with E-state index in [-0.39, 0.29) is 24.9 Å². The second-order valence-corrected chi connectivity index (χ2v) is 8.28. The maximum atomic E-state index is 12.8. The zero-order valence-corrected chi connectivity index (χ0v) is 15.2. The van der Waals surface area contributed by atoms with Crippen LogP contribution < -0.4 is 11.1 Å². The number of nitrogens with zero attached hydrogens (tertiary/aromatic N) is 3. The van der Waals surface area contributed by atoms with Gasteiger partial charge >= 0.3 is 0 Å². The van der Waals surface area contributed by atoms with Crippen molar-refractivity contribution >= 4 is 28.6 Å². The summed E-state index contributed by atoms with van der Waals surface area (Å²) in [5, 5.41) is 1.06. The lowest BCUT2D eigenvalue weighted by Gasteiger charge is -2.42. The zero-order chi connectivity index (χ0) is 16.7. The van der Waals surface area contributed by atoms with Gasteiger partial charge < -0.3 is 16.0 Å². The van der Waals surface area contributed by atoms with Crippen molar-refractivity contribution < 1.29 is 8.78 Å². The van der Waals surface area contributed by atoms with Crippen LogP contribution >= 0.6 is 11.8 Å².